The van der Waals surface area contributed by atoms with E-state index < -0.39 is 5.82 Å². The van der Waals surface area contributed by atoms with E-state index in [1.165, 1.54) is 12.5 Å². The lowest BCUT2D eigenvalue weighted by molar-refractivity contribution is 0.0669. The van der Waals surface area contributed by atoms with Crippen molar-refractivity contribution < 1.29 is 9.18 Å². The first-order valence-corrected chi connectivity index (χ1v) is 8.05. The van der Waals surface area contributed by atoms with Crippen molar-refractivity contribution in [1.29, 1.82) is 0 Å². The fraction of sp³-hybridized carbons (Fsp3) is 0.562. The van der Waals surface area contributed by atoms with Crippen LogP contribution in [0.5, 0.6) is 0 Å². The van der Waals surface area contributed by atoms with Gasteiger partial charge in [0.1, 0.15) is 5.82 Å². The molecule has 2 rings (SSSR count). The van der Waals surface area contributed by atoms with Crippen LogP contribution in [0, 0.1) is 11.7 Å². The zero-order chi connectivity index (χ0) is 14.7. The summed E-state index contributed by atoms with van der Waals surface area (Å²) in [6.07, 6.45) is 5.58. The van der Waals surface area contributed by atoms with Crippen molar-refractivity contribution in [1.82, 2.24) is 4.90 Å². The Morgan fingerprint density at radius 3 is 2.55 bits per heavy atom. The maximum absolute atomic E-state index is 13.9. The molecule has 1 aliphatic carbocycles. The molecular weight excluding hydrogens is 321 g/mol. The van der Waals surface area contributed by atoms with Crippen molar-refractivity contribution in [2.45, 2.75) is 45.1 Å². The molecule has 0 radical (unpaired) electrons. The summed E-state index contributed by atoms with van der Waals surface area (Å²) in [5.74, 6) is 0.100. The van der Waals surface area contributed by atoms with Gasteiger partial charge in [0.15, 0.2) is 0 Å². The Bertz CT molecular complexity index is 463. The van der Waals surface area contributed by atoms with Gasteiger partial charge in [-0.2, -0.15) is 0 Å². The largest absolute Gasteiger partial charge is 0.339 e. The molecule has 0 aliphatic heterocycles. The highest BCUT2D eigenvalue weighted by atomic mass is 79.9. The molecule has 110 valence electrons. The first-order valence-electron chi connectivity index (χ1n) is 7.25. The van der Waals surface area contributed by atoms with Gasteiger partial charge in [-0.15, -0.1) is 0 Å². The summed E-state index contributed by atoms with van der Waals surface area (Å²) >= 11 is 3.27. The number of rotatable bonds is 3. The minimum atomic E-state index is -0.460. The standard InChI is InChI=1S/C16H21BrFNO/c1-3-11-7-9-12(10-8-11)19(2)16(20)15-13(17)5-4-6-14(15)18/h4-6,11-12H,3,7-10H2,1-2H3. The molecule has 1 aromatic rings. The van der Waals surface area contributed by atoms with E-state index in [9.17, 15) is 9.18 Å². The first-order chi connectivity index (χ1) is 9.54. The maximum Gasteiger partial charge on any atom is 0.257 e. The predicted octanol–water partition coefficient (Wildman–Crippen LogP) is 4.63. The van der Waals surface area contributed by atoms with Crippen LogP contribution < -0.4 is 0 Å². The van der Waals surface area contributed by atoms with Crippen LogP contribution in [0.2, 0.25) is 0 Å². The average molecular weight is 342 g/mol. The predicted molar refractivity (Wildman–Crippen MR) is 82.2 cm³/mol. The molecule has 1 saturated carbocycles. The second-order valence-electron chi connectivity index (χ2n) is 5.60. The summed E-state index contributed by atoms with van der Waals surface area (Å²) < 4.78 is 14.4. The zero-order valence-corrected chi connectivity index (χ0v) is 13.6. The molecule has 2 nitrogen and oxygen atoms in total. The summed E-state index contributed by atoms with van der Waals surface area (Å²) in [6, 6.07) is 4.87. The summed E-state index contributed by atoms with van der Waals surface area (Å²) in [5, 5.41) is 0. The third kappa shape index (κ3) is 3.22. The van der Waals surface area contributed by atoms with Crippen LogP contribution >= 0.6 is 15.9 Å². The van der Waals surface area contributed by atoms with Crippen LogP contribution in [0.4, 0.5) is 4.39 Å². The van der Waals surface area contributed by atoms with Gasteiger partial charge in [0.25, 0.3) is 5.91 Å². The lowest BCUT2D eigenvalue weighted by Crippen LogP contribution is -2.40. The Balaban J connectivity index is 2.10. The lowest BCUT2D eigenvalue weighted by atomic mass is 9.84. The molecule has 0 N–H and O–H groups in total. The molecule has 20 heavy (non-hydrogen) atoms. The van der Waals surface area contributed by atoms with Gasteiger partial charge in [-0.3, -0.25) is 4.79 Å². The molecule has 0 spiro atoms. The minimum Gasteiger partial charge on any atom is -0.339 e. The van der Waals surface area contributed by atoms with E-state index in [0.717, 1.165) is 31.6 Å². The Hall–Kier alpha value is -0.900. The third-order valence-corrected chi connectivity index (χ3v) is 5.10. The molecule has 0 saturated heterocycles. The Labute approximate surface area is 128 Å². The molecule has 1 aliphatic rings. The number of nitrogens with zero attached hydrogens (tertiary/aromatic N) is 1. The Morgan fingerprint density at radius 1 is 1.35 bits per heavy atom. The lowest BCUT2D eigenvalue weighted by Gasteiger charge is -2.34. The zero-order valence-electron chi connectivity index (χ0n) is 12.0. The highest BCUT2D eigenvalue weighted by molar-refractivity contribution is 9.10. The van der Waals surface area contributed by atoms with E-state index in [0.29, 0.717) is 4.47 Å². The highest BCUT2D eigenvalue weighted by Gasteiger charge is 2.28. The minimum absolute atomic E-state index is 0.146. The van der Waals surface area contributed by atoms with Crippen LogP contribution in [0.3, 0.4) is 0 Å². The molecule has 0 atom stereocenters. The van der Waals surface area contributed by atoms with Gasteiger partial charge in [-0.1, -0.05) is 19.4 Å². The summed E-state index contributed by atoms with van der Waals surface area (Å²) in [6.45, 7) is 2.22. The van der Waals surface area contributed by atoms with E-state index in [2.05, 4.69) is 22.9 Å². The van der Waals surface area contributed by atoms with Gasteiger partial charge in [0, 0.05) is 17.6 Å². The van der Waals surface area contributed by atoms with Crippen molar-refractivity contribution in [2.75, 3.05) is 7.05 Å². The molecule has 0 heterocycles. The Kier molecular flexibility index (Phi) is 5.19. The molecule has 0 bridgehead atoms. The monoisotopic (exact) mass is 341 g/mol. The molecule has 1 amide bonds. The van der Waals surface area contributed by atoms with E-state index in [-0.39, 0.29) is 17.5 Å². The van der Waals surface area contributed by atoms with E-state index in [1.54, 1.807) is 24.1 Å². The van der Waals surface area contributed by atoms with Crippen molar-refractivity contribution in [3.8, 4) is 0 Å². The number of benzene rings is 1. The van der Waals surface area contributed by atoms with Crippen molar-refractivity contribution in [3.05, 3.63) is 34.1 Å². The molecule has 4 heteroatoms. The topological polar surface area (TPSA) is 20.3 Å². The second kappa shape index (κ2) is 6.70. The Morgan fingerprint density at radius 2 is 2.00 bits per heavy atom. The molecule has 1 fully saturated rings. The second-order valence-corrected chi connectivity index (χ2v) is 6.45. The maximum atomic E-state index is 13.9. The van der Waals surface area contributed by atoms with Crippen LogP contribution in [0.1, 0.15) is 49.4 Å². The first kappa shape index (κ1) is 15.5. The van der Waals surface area contributed by atoms with Gasteiger partial charge in [0.2, 0.25) is 0 Å². The van der Waals surface area contributed by atoms with Gasteiger partial charge >= 0.3 is 0 Å². The van der Waals surface area contributed by atoms with Gasteiger partial charge < -0.3 is 4.90 Å². The number of hydrogen-bond acceptors (Lipinski definition) is 1. The molecular formula is C16H21BrFNO. The van der Waals surface area contributed by atoms with E-state index in [1.807, 2.05) is 0 Å². The average Bonchev–Trinajstić information content (AvgIpc) is 2.46. The molecule has 0 unspecified atom stereocenters. The summed E-state index contributed by atoms with van der Waals surface area (Å²) in [7, 11) is 1.79. The third-order valence-electron chi connectivity index (χ3n) is 4.44. The molecule has 1 aromatic carbocycles. The quantitative estimate of drug-likeness (QED) is 0.784. The van der Waals surface area contributed by atoms with Crippen LogP contribution in [-0.4, -0.2) is 23.9 Å². The number of hydrogen-bond donors (Lipinski definition) is 0. The van der Waals surface area contributed by atoms with Crippen LogP contribution in [0.25, 0.3) is 0 Å². The number of carbonyl (C=O) groups is 1. The van der Waals surface area contributed by atoms with Crippen LogP contribution in [-0.2, 0) is 0 Å². The normalized spacial score (nSPS) is 22.6. The fourth-order valence-electron chi connectivity index (χ4n) is 2.98. The number of carbonyl (C=O) groups excluding carboxylic acids is 1. The number of amides is 1. The number of halogens is 2. The van der Waals surface area contributed by atoms with Gasteiger partial charge in [-0.25, -0.2) is 4.39 Å². The summed E-state index contributed by atoms with van der Waals surface area (Å²) in [4.78, 5) is 14.2. The van der Waals surface area contributed by atoms with E-state index in [4.69, 9.17) is 0 Å². The van der Waals surface area contributed by atoms with Crippen LogP contribution in [0.15, 0.2) is 22.7 Å². The fourth-order valence-corrected chi connectivity index (χ4v) is 3.50. The van der Waals surface area contributed by atoms with Gasteiger partial charge in [0.05, 0.1) is 5.56 Å². The highest BCUT2D eigenvalue weighted by Crippen LogP contribution is 2.30. The van der Waals surface area contributed by atoms with Crippen molar-refractivity contribution >= 4 is 21.8 Å². The summed E-state index contributed by atoms with van der Waals surface area (Å²) in [5.41, 5.74) is 0.146. The SMILES string of the molecule is CCC1CCC(N(C)C(=O)c2c(F)cccc2Br)CC1. The van der Waals surface area contributed by atoms with E-state index >= 15 is 0 Å². The molecule has 0 aromatic heterocycles. The van der Waals surface area contributed by atoms with Crippen molar-refractivity contribution in [3.63, 3.8) is 0 Å². The smallest absolute Gasteiger partial charge is 0.257 e. The van der Waals surface area contributed by atoms with Crippen molar-refractivity contribution in [2.24, 2.45) is 5.92 Å². The van der Waals surface area contributed by atoms with Gasteiger partial charge in [-0.05, 0) is 59.7 Å².